The molecule has 0 aromatic carbocycles. The smallest absolute Gasteiger partial charge is 0.191 e. The number of nitrogens with zero attached hydrogens (tertiary/aromatic N) is 3. The van der Waals surface area contributed by atoms with Crippen LogP contribution in [0.1, 0.15) is 6.42 Å². The van der Waals surface area contributed by atoms with Gasteiger partial charge < -0.3 is 19.9 Å². The summed E-state index contributed by atoms with van der Waals surface area (Å²) in [5, 5.41) is 6.40. The maximum absolute atomic E-state index is 4.96. The van der Waals surface area contributed by atoms with Gasteiger partial charge in [-0.3, -0.25) is 4.99 Å². The first-order valence-corrected chi connectivity index (χ1v) is 5.76. The van der Waals surface area contributed by atoms with Gasteiger partial charge in [0.05, 0.1) is 12.9 Å². The molecule has 2 N–H and O–H groups in total. The number of nitrogens with one attached hydrogen (secondary N) is 2. The van der Waals surface area contributed by atoms with Crippen LogP contribution in [0.3, 0.4) is 0 Å². The number of guanidine groups is 1. The number of aryl methyl sites for hydroxylation is 1. The third-order valence-electron chi connectivity index (χ3n) is 2.27. The fourth-order valence-electron chi connectivity index (χ4n) is 1.38. The molecule has 0 atom stereocenters. The second-order valence-electron chi connectivity index (χ2n) is 3.57. The quantitative estimate of drug-likeness (QED) is 0.322. The predicted molar refractivity (Wildman–Crippen MR) is 83.5 cm³/mol. The molecule has 0 fully saturated rings. The molecule has 0 unspecified atom stereocenters. The van der Waals surface area contributed by atoms with Crippen LogP contribution in [0.15, 0.2) is 23.7 Å². The summed E-state index contributed by atoms with van der Waals surface area (Å²) in [6, 6.07) is 0. The van der Waals surface area contributed by atoms with Gasteiger partial charge in [0.1, 0.15) is 0 Å². The first-order valence-electron chi connectivity index (χ1n) is 5.76. The average molecular weight is 367 g/mol. The lowest BCUT2D eigenvalue weighted by Crippen LogP contribution is -2.39. The third-order valence-corrected chi connectivity index (χ3v) is 2.27. The van der Waals surface area contributed by atoms with Crippen molar-refractivity contribution < 1.29 is 4.74 Å². The van der Waals surface area contributed by atoms with Crippen molar-refractivity contribution in [1.82, 2.24) is 20.2 Å². The highest BCUT2D eigenvalue weighted by Crippen LogP contribution is 1.88. The second kappa shape index (κ2) is 11.3. The molecule has 6 nitrogen and oxygen atoms in total. The zero-order valence-corrected chi connectivity index (χ0v) is 13.3. The number of aromatic nitrogens is 2. The van der Waals surface area contributed by atoms with Gasteiger partial charge in [0.2, 0.25) is 0 Å². The number of halogens is 1. The SMILES string of the molecule is CN=C(NCCCn1ccnc1)NCCOC.I. The van der Waals surface area contributed by atoms with Crippen molar-refractivity contribution >= 4 is 29.9 Å². The first-order chi connectivity index (χ1) is 8.36. The summed E-state index contributed by atoms with van der Waals surface area (Å²) in [5.74, 6) is 0.813. The fourth-order valence-corrected chi connectivity index (χ4v) is 1.38. The lowest BCUT2D eigenvalue weighted by atomic mass is 10.4. The number of methoxy groups -OCH3 is 1. The van der Waals surface area contributed by atoms with Gasteiger partial charge in [0, 0.05) is 46.2 Å². The Balaban J connectivity index is 0.00000289. The molecule has 1 aromatic heterocycles. The van der Waals surface area contributed by atoms with Gasteiger partial charge in [-0.1, -0.05) is 0 Å². The van der Waals surface area contributed by atoms with Crippen molar-refractivity contribution in [3.05, 3.63) is 18.7 Å². The molecule has 0 aliphatic carbocycles. The highest BCUT2D eigenvalue weighted by molar-refractivity contribution is 14.0. The van der Waals surface area contributed by atoms with E-state index in [-0.39, 0.29) is 24.0 Å². The fraction of sp³-hybridized carbons (Fsp3) is 0.636. The molecule has 0 aliphatic rings. The number of hydrogen-bond acceptors (Lipinski definition) is 3. The summed E-state index contributed by atoms with van der Waals surface area (Å²) in [6.45, 7) is 3.28. The first kappa shape index (κ1) is 17.2. The van der Waals surface area contributed by atoms with Crippen LogP contribution < -0.4 is 10.6 Å². The van der Waals surface area contributed by atoms with Gasteiger partial charge in [-0.2, -0.15) is 0 Å². The Labute approximate surface area is 125 Å². The summed E-state index contributed by atoms with van der Waals surface area (Å²) in [4.78, 5) is 8.11. The van der Waals surface area contributed by atoms with E-state index >= 15 is 0 Å². The number of hydrogen-bond donors (Lipinski definition) is 2. The van der Waals surface area contributed by atoms with E-state index in [0.29, 0.717) is 6.61 Å². The Morgan fingerprint density at radius 2 is 2.17 bits per heavy atom. The molecule has 1 aromatic rings. The van der Waals surface area contributed by atoms with Gasteiger partial charge in [-0.25, -0.2) is 4.98 Å². The van der Waals surface area contributed by atoms with Crippen molar-refractivity contribution in [2.24, 2.45) is 4.99 Å². The Kier molecular flexibility index (Phi) is 10.8. The van der Waals surface area contributed by atoms with Crippen molar-refractivity contribution in [2.45, 2.75) is 13.0 Å². The van der Waals surface area contributed by atoms with E-state index in [1.54, 1.807) is 20.4 Å². The van der Waals surface area contributed by atoms with E-state index in [2.05, 4.69) is 25.2 Å². The molecular weight excluding hydrogens is 345 g/mol. The van der Waals surface area contributed by atoms with Gasteiger partial charge in [0.15, 0.2) is 5.96 Å². The van der Waals surface area contributed by atoms with E-state index in [9.17, 15) is 0 Å². The maximum atomic E-state index is 4.96. The van der Waals surface area contributed by atoms with Crippen molar-refractivity contribution in [3.8, 4) is 0 Å². The lowest BCUT2D eigenvalue weighted by Gasteiger charge is -2.11. The predicted octanol–water partition coefficient (Wildman–Crippen LogP) is 0.703. The second-order valence-corrected chi connectivity index (χ2v) is 3.57. The van der Waals surface area contributed by atoms with Crippen LogP contribution in [0, 0.1) is 0 Å². The number of rotatable bonds is 7. The largest absolute Gasteiger partial charge is 0.383 e. The number of ether oxygens (including phenoxy) is 1. The molecule has 7 heteroatoms. The Morgan fingerprint density at radius 3 is 2.78 bits per heavy atom. The summed E-state index contributed by atoms with van der Waals surface area (Å²) < 4.78 is 7.01. The average Bonchev–Trinajstić information content (AvgIpc) is 2.85. The molecule has 104 valence electrons. The normalized spacial score (nSPS) is 10.9. The van der Waals surface area contributed by atoms with Crippen molar-refractivity contribution in [1.29, 1.82) is 0 Å². The molecule has 0 saturated carbocycles. The maximum Gasteiger partial charge on any atom is 0.191 e. The van der Waals surface area contributed by atoms with E-state index in [1.165, 1.54) is 0 Å². The molecule has 0 radical (unpaired) electrons. The minimum absolute atomic E-state index is 0. The van der Waals surface area contributed by atoms with Crippen LogP contribution in [0.4, 0.5) is 0 Å². The number of aliphatic imine (C=N–C) groups is 1. The zero-order chi connectivity index (χ0) is 12.3. The molecule has 0 amide bonds. The van der Waals surface area contributed by atoms with E-state index < -0.39 is 0 Å². The van der Waals surface area contributed by atoms with E-state index in [4.69, 9.17) is 4.74 Å². The summed E-state index contributed by atoms with van der Waals surface area (Å²) in [6.07, 6.45) is 6.61. The minimum Gasteiger partial charge on any atom is -0.383 e. The van der Waals surface area contributed by atoms with Crippen LogP contribution >= 0.6 is 24.0 Å². The summed E-state index contributed by atoms with van der Waals surface area (Å²) in [7, 11) is 3.45. The summed E-state index contributed by atoms with van der Waals surface area (Å²) >= 11 is 0. The molecule has 1 heterocycles. The molecule has 1 rings (SSSR count). The van der Waals surface area contributed by atoms with Crippen LogP contribution in [-0.4, -0.2) is 49.4 Å². The van der Waals surface area contributed by atoms with Crippen molar-refractivity contribution in [3.63, 3.8) is 0 Å². The van der Waals surface area contributed by atoms with Crippen LogP contribution in [0.5, 0.6) is 0 Å². The molecule has 0 saturated heterocycles. The summed E-state index contributed by atoms with van der Waals surface area (Å²) in [5.41, 5.74) is 0. The third kappa shape index (κ3) is 7.49. The van der Waals surface area contributed by atoms with Gasteiger partial charge in [-0.05, 0) is 6.42 Å². The topological polar surface area (TPSA) is 63.5 Å². The van der Waals surface area contributed by atoms with E-state index in [1.807, 2.05) is 12.5 Å². The molecule has 0 aliphatic heterocycles. The highest BCUT2D eigenvalue weighted by atomic mass is 127. The zero-order valence-electron chi connectivity index (χ0n) is 10.9. The van der Waals surface area contributed by atoms with Crippen LogP contribution in [0.25, 0.3) is 0 Å². The molecular formula is C11H22IN5O. The van der Waals surface area contributed by atoms with Gasteiger partial charge in [0.25, 0.3) is 0 Å². The minimum atomic E-state index is 0. The monoisotopic (exact) mass is 367 g/mol. The molecule has 0 spiro atoms. The molecule has 18 heavy (non-hydrogen) atoms. The van der Waals surface area contributed by atoms with E-state index in [0.717, 1.165) is 32.0 Å². The van der Waals surface area contributed by atoms with Gasteiger partial charge in [-0.15, -0.1) is 24.0 Å². The Bertz CT molecular complexity index is 315. The highest BCUT2D eigenvalue weighted by Gasteiger charge is 1.96. The standard InChI is InChI=1S/C11H21N5O.HI/c1-12-11(15-6-9-17-2)14-4-3-7-16-8-5-13-10-16;/h5,8,10H,3-4,6-7,9H2,1-2H3,(H2,12,14,15);1H. The number of imidazole rings is 1. The van der Waals surface area contributed by atoms with Crippen LogP contribution in [-0.2, 0) is 11.3 Å². The van der Waals surface area contributed by atoms with Crippen molar-refractivity contribution in [2.75, 3.05) is 33.9 Å². The molecule has 0 bridgehead atoms. The lowest BCUT2D eigenvalue weighted by molar-refractivity contribution is 0.203. The van der Waals surface area contributed by atoms with Gasteiger partial charge >= 0.3 is 0 Å². The Hall–Kier alpha value is -0.830. The van der Waals surface area contributed by atoms with Crippen LogP contribution in [0.2, 0.25) is 0 Å². The Morgan fingerprint density at radius 1 is 1.39 bits per heavy atom.